The molecule has 3 heteroatoms. The number of rotatable bonds is 2. The van der Waals surface area contributed by atoms with Crippen LogP contribution in [-0.4, -0.2) is 4.98 Å². The Balaban J connectivity index is 2.16. The SMILES string of the molecule is CC1CCC(C#N)(Cc2ccncc2Cl)CC1. The Hall–Kier alpha value is -1.07. The van der Waals surface area contributed by atoms with Gasteiger partial charge in [0.25, 0.3) is 0 Å². The van der Waals surface area contributed by atoms with Crippen LogP contribution in [0, 0.1) is 22.7 Å². The fraction of sp³-hybridized carbons (Fsp3) is 0.571. The molecule has 0 N–H and O–H groups in total. The van der Waals surface area contributed by atoms with Crippen LogP contribution < -0.4 is 0 Å². The third-order valence-corrected chi connectivity index (χ3v) is 4.19. The molecule has 2 rings (SSSR count). The van der Waals surface area contributed by atoms with Crippen molar-refractivity contribution >= 4 is 11.6 Å². The molecular formula is C14H17ClN2. The number of hydrogen-bond donors (Lipinski definition) is 0. The largest absolute Gasteiger partial charge is 0.263 e. The molecule has 0 amide bonds. The first-order valence-electron chi connectivity index (χ1n) is 6.15. The maximum atomic E-state index is 9.47. The molecule has 1 aromatic rings. The molecule has 1 saturated carbocycles. The summed E-state index contributed by atoms with van der Waals surface area (Å²) in [6.07, 6.45) is 8.45. The summed E-state index contributed by atoms with van der Waals surface area (Å²) >= 11 is 6.12. The van der Waals surface area contributed by atoms with Gasteiger partial charge in [-0.05, 0) is 49.7 Å². The van der Waals surface area contributed by atoms with Crippen molar-refractivity contribution in [3.05, 3.63) is 29.0 Å². The van der Waals surface area contributed by atoms with E-state index in [1.807, 2.05) is 6.07 Å². The van der Waals surface area contributed by atoms with Crippen LogP contribution in [0.2, 0.25) is 5.02 Å². The molecule has 90 valence electrons. The Labute approximate surface area is 108 Å². The van der Waals surface area contributed by atoms with Gasteiger partial charge in [0.2, 0.25) is 0 Å². The van der Waals surface area contributed by atoms with Crippen molar-refractivity contribution in [2.75, 3.05) is 0 Å². The third-order valence-electron chi connectivity index (χ3n) is 3.85. The molecule has 0 unspecified atom stereocenters. The second-order valence-corrected chi connectivity index (χ2v) is 5.63. The van der Waals surface area contributed by atoms with Crippen LogP contribution in [-0.2, 0) is 6.42 Å². The number of nitrogens with zero attached hydrogens (tertiary/aromatic N) is 2. The van der Waals surface area contributed by atoms with Crippen molar-refractivity contribution in [3.8, 4) is 6.07 Å². The summed E-state index contributed by atoms with van der Waals surface area (Å²) in [6, 6.07) is 4.46. The lowest BCUT2D eigenvalue weighted by Crippen LogP contribution is -2.27. The smallest absolute Gasteiger partial charge is 0.0693 e. The highest BCUT2D eigenvalue weighted by atomic mass is 35.5. The number of nitriles is 1. The first-order chi connectivity index (χ1) is 8.15. The van der Waals surface area contributed by atoms with Crippen LogP contribution in [0.15, 0.2) is 18.5 Å². The van der Waals surface area contributed by atoms with Crippen molar-refractivity contribution in [2.45, 2.75) is 39.0 Å². The number of hydrogen-bond acceptors (Lipinski definition) is 2. The van der Waals surface area contributed by atoms with Crippen LogP contribution in [0.25, 0.3) is 0 Å². The lowest BCUT2D eigenvalue weighted by molar-refractivity contribution is 0.219. The van der Waals surface area contributed by atoms with E-state index < -0.39 is 0 Å². The number of halogens is 1. The number of pyridine rings is 1. The lowest BCUT2D eigenvalue weighted by Gasteiger charge is -2.33. The van der Waals surface area contributed by atoms with Crippen molar-refractivity contribution < 1.29 is 0 Å². The summed E-state index contributed by atoms with van der Waals surface area (Å²) in [5, 5.41) is 10.2. The van der Waals surface area contributed by atoms with Crippen LogP contribution in [0.1, 0.15) is 38.2 Å². The van der Waals surface area contributed by atoms with Crippen LogP contribution in [0.3, 0.4) is 0 Å². The summed E-state index contributed by atoms with van der Waals surface area (Å²) in [5.74, 6) is 0.754. The lowest BCUT2D eigenvalue weighted by atomic mass is 9.69. The second kappa shape index (κ2) is 5.06. The van der Waals surface area contributed by atoms with Gasteiger partial charge >= 0.3 is 0 Å². The van der Waals surface area contributed by atoms with Crippen molar-refractivity contribution in [1.29, 1.82) is 5.26 Å². The van der Waals surface area contributed by atoms with Gasteiger partial charge < -0.3 is 0 Å². The average Bonchev–Trinajstić information content (AvgIpc) is 2.35. The molecule has 0 atom stereocenters. The Bertz CT molecular complexity index is 428. The van der Waals surface area contributed by atoms with E-state index >= 15 is 0 Å². The zero-order chi connectivity index (χ0) is 12.3. The maximum absolute atomic E-state index is 9.47. The number of aromatic nitrogens is 1. The molecule has 2 nitrogen and oxygen atoms in total. The van der Waals surface area contributed by atoms with Crippen LogP contribution >= 0.6 is 11.6 Å². The first kappa shape index (κ1) is 12.4. The van der Waals surface area contributed by atoms with Crippen molar-refractivity contribution in [2.24, 2.45) is 11.3 Å². The second-order valence-electron chi connectivity index (χ2n) is 5.22. The van der Waals surface area contributed by atoms with E-state index in [1.165, 1.54) is 0 Å². The van der Waals surface area contributed by atoms with Gasteiger partial charge in [-0.1, -0.05) is 18.5 Å². The Morgan fingerprint density at radius 2 is 2.24 bits per heavy atom. The summed E-state index contributed by atoms with van der Waals surface area (Å²) in [7, 11) is 0. The third kappa shape index (κ3) is 2.79. The molecule has 0 aliphatic heterocycles. The Kier molecular flexibility index (Phi) is 3.69. The predicted octanol–water partition coefficient (Wildman–Crippen LogP) is 4.00. The fourth-order valence-corrected chi connectivity index (χ4v) is 2.74. The monoisotopic (exact) mass is 248 g/mol. The van der Waals surface area contributed by atoms with Crippen molar-refractivity contribution in [3.63, 3.8) is 0 Å². The van der Waals surface area contributed by atoms with E-state index in [0.29, 0.717) is 5.02 Å². The molecule has 0 aromatic carbocycles. The molecule has 1 aliphatic carbocycles. The van der Waals surface area contributed by atoms with Gasteiger partial charge in [-0.25, -0.2) is 0 Å². The van der Waals surface area contributed by atoms with Gasteiger partial charge in [0, 0.05) is 12.4 Å². The summed E-state index contributed by atoms with van der Waals surface area (Å²) in [5.41, 5.74) is 0.843. The van der Waals surface area contributed by atoms with Crippen LogP contribution in [0.4, 0.5) is 0 Å². The van der Waals surface area contributed by atoms with Gasteiger partial charge in [0.15, 0.2) is 0 Å². The highest BCUT2D eigenvalue weighted by Gasteiger charge is 2.34. The molecular weight excluding hydrogens is 232 g/mol. The van der Waals surface area contributed by atoms with Crippen LogP contribution in [0.5, 0.6) is 0 Å². The predicted molar refractivity (Wildman–Crippen MR) is 68.6 cm³/mol. The van der Waals surface area contributed by atoms with Gasteiger partial charge in [-0.3, -0.25) is 4.98 Å². The first-order valence-corrected chi connectivity index (χ1v) is 6.53. The Morgan fingerprint density at radius 3 is 2.82 bits per heavy atom. The highest BCUT2D eigenvalue weighted by molar-refractivity contribution is 6.31. The molecule has 0 radical (unpaired) electrons. The molecule has 1 aliphatic rings. The molecule has 1 heterocycles. The Morgan fingerprint density at radius 1 is 1.53 bits per heavy atom. The van der Waals surface area contributed by atoms with Crippen molar-refractivity contribution in [1.82, 2.24) is 4.98 Å². The molecule has 0 bridgehead atoms. The molecule has 17 heavy (non-hydrogen) atoms. The fourth-order valence-electron chi connectivity index (χ4n) is 2.55. The normalized spacial score (nSPS) is 28.6. The minimum Gasteiger partial charge on any atom is -0.263 e. The maximum Gasteiger partial charge on any atom is 0.0693 e. The quantitative estimate of drug-likeness (QED) is 0.793. The van der Waals surface area contributed by atoms with E-state index in [4.69, 9.17) is 11.6 Å². The van der Waals surface area contributed by atoms with E-state index in [2.05, 4.69) is 18.0 Å². The van der Waals surface area contributed by atoms with E-state index in [-0.39, 0.29) is 5.41 Å². The van der Waals surface area contributed by atoms with E-state index in [1.54, 1.807) is 12.4 Å². The molecule has 1 aromatic heterocycles. The average molecular weight is 249 g/mol. The summed E-state index contributed by atoms with van der Waals surface area (Å²) < 4.78 is 0. The zero-order valence-corrected chi connectivity index (χ0v) is 10.9. The molecule has 0 spiro atoms. The standard InChI is InChI=1S/C14H17ClN2/c1-11-2-5-14(10-16,6-3-11)8-12-4-7-17-9-13(12)15/h4,7,9,11H,2-3,5-6,8H2,1H3. The highest BCUT2D eigenvalue weighted by Crippen LogP contribution is 2.41. The summed E-state index contributed by atoms with van der Waals surface area (Å²) in [4.78, 5) is 3.98. The van der Waals surface area contributed by atoms with Gasteiger partial charge in [0.1, 0.15) is 0 Å². The minimum absolute atomic E-state index is 0.211. The molecule has 1 fully saturated rings. The topological polar surface area (TPSA) is 36.7 Å². The van der Waals surface area contributed by atoms with Gasteiger partial charge in [-0.15, -0.1) is 0 Å². The zero-order valence-electron chi connectivity index (χ0n) is 10.1. The van der Waals surface area contributed by atoms with Gasteiger partial charge in [0.05, 0.1) is 16.5 Å². The van der Waals surface area contributed by atoms with E-state index in [9.17, 15) is 5.26 Å². The van der Waals surface area contributed by atoms with E-state index in [0.717, 1.165) is 43.6 Å². The minimum atomic E-state index is -0.211. The molecule has 0 saturated heterocycles. The van der Waals surface area contributed by atoms with Gasteiger partial charge in [-0.2, -0.15) is 5.26 Å². The summed E-state index contributed by atoms with van der Waals surface area (Å²) in [6.45, 7) is 2.26.